The van der Waals surface area contributed by atoms with Gasteiger partial charge in [0.25, 0.3) is 0 Å². The Morgan fingerprint density at radius 1 is 0.606 bits per heavy atom. The van der Waals surface area contributed by atoms with Gasteiger partial charge < -0.3 is 53.2 Å². The van der Waals surface area contributed by atoms with Gasteiger partial charge in [-0.15, -0.1) is 0 Å². The fourth-order valence-corrected chi connectivity index (χ4v) is 6.86. The lowest BCUT2D eigenvalue weighted by atomic mass is 9.89. The molecule has 0 bridgehead atoms. The molecule has 0 aliphatic rings. The number of benzene rings is 2. The lowest BCUT2D eigenvalue weighted by Gasteiger charge is -2.39. The van der Waals surface area contributed by atoms with E-state index < -0.39 is 71.9 Å². The van der Waals surface area contributed by atoms with Crippen molar-refractivity contribution in [3.63, 3.8) is 0 Å². The minimum atomic E-state index is -1.04. The highest BCUT2D eigenvalue weighted by Crippen LogP contribution is 2.27. The van der Waals surface area contributed by atoms with Gasteiger partial charge in [-0.05, 0) is 83.4 Å². The molecule has 0 fully saturated rings. The molecule has 2 aromatic rings. The van der Waals surface area contributed by atoms with Gasteiger partial charge in [-0.2, -0.15) is 0 Å². The molecule has 0 aromatic heterocycles. The van der Waals surface area contributed by atoms with Crippen molar-refractivity contribution in [2.75, 3.05) is 28.3 Å². The zero-order valence-electron chi connectivity index (χ0n) is 45.9. The number of esters is 2. The highest BCUT2D eigenvalue weighted by atomic mass is 16.8. The summed E-state index contributed by atoms with van der Waals surface area (Å²) in [5.74, 6) is -3.34. The number of hydrogen-bond acceptors (Lipinski definition) is 15. The Kier molecular flexibility index (Phi) is 30.9. The average molecular weight is 1010 g/mol. The Labute approximate surface area is 424 Å². The van der Waals surface area contributed by atoms with Crippen molar-refractivity contribution in [3.8, 4) is 0 Å². The first kappa shape index (κ1) is 65.7. The van der Waals surface area contributed by atoms with Crippen molar-refractivity contribution < 1.29 is 71.8 Å². The molecule has 404 valence electrons. The molecule has 0 radical (unpaired) electrons. The number of carboxylic acid groups (broad SMARTS) is 1. The molecule has 17 nitrogen and oxygen atoms in total. The van der Waals surface area contributed by atoms with Crippen LogP contribution in [0.5, 0.6) is 0 Å². The number of rotatable bonds is 24. The standard InChI is InChI=1S/C27H43NO7.C14H18O4.C13H27NO4/c1-10-19(4)23(25(32-9)34-26(31)35-27(5,6)7)28(8)24(30)21(18(2)3)16-22(29)33-17-20-14-12-11-13-15-20;1-10(2)12(14(16)17)8-13(15)18-9-11-6-4-3-5-7-11;1-8-9(2)10(14-6)11(16-7)17-12(15)18-13(3,4)5/h11-15,18-19,21,23,25H,10,16-17H2,1-9H3;3-7,10,12H,8-9H2,1-2H3,(H,16,17);9-11,14H,8H2,1-7H3/t19-,21-,23-,25+;12-;9-,10-,11+/m000/s1. The Morgan fingerprint density at radius 3 is 1.31 bits per heavy atom. The van der Waals surface area contributed by atoms with Crippen molar-refractivity contribution in [2.45, 2.75) is 172 Å². The molecule has 1 amide bonds. The van der Waals surface area contributed by atoms with Crippen LogP contribution in [0, 0.1) is 35.5 Å². The van der Waals surface area contributed by atoms with Gasteiger partial charge in [-0.1, -0.05) is 129 Å². The summed E-state index contributed by atoms with van der Waals surface area (Å²) in [6.07, 6.45) is -1.73. The molecule has 0 saturated heterocycles. The number of hydrogen-bond donors (Lipinski definition) is 2. The van der Waals surface area contributed by atoms with E-state index in [9.17, 15) is 28.8 Å². The summed E-state index contributed by atoms with van der Waals surface area (Å²) in [5.41, 5.74) is 0.471. The minimum Gasteiger partial charge on any atom is -0.481 e. The van der Waals surface area contributed by atoms with Crippen LogP contribution in [0.1, 0.15) is 134 Å². The van der Waals surface area contributed by atoms with Crippen molar-refractivity contribution in [1.29, 1.82) is 0 Å². The zero-order valence-corrected chi connectivity index (χ0v) is 45.9. The maximum Gasteiger partial charge on any atom is 0.511 e. The Balaban J connectivity index is 0.00000114. The molecule has 0 heterocycles. The molecular formula is C54H88N2O15. The van der Waals surface area contributed by atoms with Gasteiger partial charge in [0.2, 0.25) is 18.5 Å². The number of nitrogens with one attached hydrogen (secondary N) is 1. The molecule has 2 N–H and O–H groups in total. The van der Waals surface area contributed by atoms with Crippen LogP contribution in [0.2, 0.25) is 0 Å². The average Bonchev–Trinajstić information content (AvgIpc) is 3.29. The van der Waals surface area contributed by atoms with E-state index in [1.807, 2.05) is 95.4 Å². The van der Waals surface area contributed by atoms with Crippen molar-refractivity contribution >= 4 is 36.1 Å². The molecular weight excluding hydrogens is 917 g/mol. The van der Waals surface area contributed by atoms with Gasteiger partial charge in [-0.25, -0.2) is 9.59 Å². The van der Waals surface area contributed by atoms with Gasteiger partial charge in [-0.3, -0.25) is 19.2 Å². The third-order valence-corrected chi connectivity index (χ3v) is 11.4. The smallest absolute Gasteiger partial charge is 0.481 e. The Morgan fingerprint density at radius 2 is 0.986 bits per heavy atom. The van der Waals surface area contributed by atoms with Crippen molar-refractivity contribution in [1.82, 2.24) is 10.2 Å². The van der Waals surface area contributed by atoms with Crippen LogP contribution in [0.3, 0.4) is 0 Å². The van der Waals surface area contributed by atoms with Gasteiger partial charge in [0.15, 0.2) is 0 Å². The van der Waals surface area contributed by atoms with Crippen molar-refractivity contribution in [2.24, 2.45) is 35.5 Å². The summed E-state index contributed by atoms with van der Waals surface area (Å²) in [6.45, 7) is 26.4. The number of carbonyl (C=O) groups excluding carboxylic acids is 5. The van der Waals surface area contributed by atoms with Crippen LogP contribution in [0.25, 0.3) is 0 Å². The van der Waals surface area contributed by atoms with Crippen LogP contribution in [-0.2, 0) is 70.3 Å². The quantitative estimate of drug-likeness (QED) is 0.0569. The molecule has 17 heteroatoms. The van der Waals surface area contributed by atoms with E-state index in [2.05, 4.69) is 19.2 Å². The first-order valence-electron chi connectivity index (χ1n) is 24.5. The number of methoxy groups -OCH3 is 2. The fraction of sp³-hybridized carbons (Fsp3) is 0.667. The number of likely N-dealkylation sites (N-methyl/N-ethyl adjacent to an activating group) is 2. The molecule has 2 aromatic carbocycles. The van der Waals surface area contributed by atoms with E-state index in [0.29, 0.717) is 12.3 Å². The van der Waals surface area contributed by atoms with E-state index >= 15 is 0 Å². The first-order chi connectivity index (χ1) is 33.0. The Bertz CT molecular complexity index is 1850. The van der Waals surface area contributed by atoms with E-state index in [0.717, 1.165) is 17.5 Å². The van der Waals surface area contributed by atoms with Gasteiger partial charge in [0.1, 0.15) is 24.4 Å². The summed E-state index contributed by atoms with van der Waals surface area (Å²) >= 11 is 0. The third kappa shape index (κ3) is 27.2. The Hall–Kier alpha value is -5.26. The van der Waals surface area contributed by atoms with Gasteiger partial charge in [0.05, 0.1) is 36.8 Å². The van der Waals surface area contributed by atoms with Crippen LogP contribution < -0.4 is 5.32 Å². The summed E-state index contributed by atoms with van der Waals surface area (Å²) in [7, 11) is 6.40. The molecule has 0 spiro atoms. The maximum atomic E-state index is 13.6. The van der Waals surface area contributed by atoms with Crippen LogP contribution in [0.15, 0.2) is 60.7 Å². The molecule has 0 saturated carbocycles. The highest BCUT2D eigenvalue weighted by Gasteiger charge is 2.40. The summed E-state index contributed by atoms with van der Waals surface area (Å²) in [6, 6.07) is 18.0. The summed E-state index contributed by atoms with van der Waals surface area (Å²) in [5, 5.41) is 12.1. The lowest BCUT2D eigenvalue weighted by Crippen LogP contribution is -2.53. The second kappa shape index (κ2) is 33.4. The van der Waals surface area contributed by atoms with Gasteiger partial charge in [0, 0.05) is 21.3 Å². The topological polar surface area (TPSA) is 212 Å². The lowest BCUT2D eigenvalue weighted by molar-refractivity contribution is -0.173. The normalized spacial score (nSPS) is 14.8. The highest BCUT2D eigenvalue weighted by molar-refractivity contribution is 5.84. The number of ether oxygens (including phenoxy) is 8. The number of amides is 1. The fourth-order valence-electron chi connectivity index (χ4n) is 6.86. The van der Waals surface area contributed by atoms with Crippen molar-refractivity contribution in [3.05, 3.63) is 71.8 Å². The molecule has 71 heavy (non-hydrogen) atoms. The first-order valence-corrected chi connectivity index (χ1v) is 24.5. The SMILES string of the molecule is CC(C)[C@H](CC(=O)OCc1ccccc1)C(=O)O.CC[C@H](C)[C@@H]([C@H](OC)OC(=O)OC(C)(C)C)N(C)C(=O)[C@@H](CC(=O)OCc1ccccc1)C(C)C.CC[C@H](C)[C@H](NC)[C@H](OC)OC(=O)OC(C)(C)C. The number of aliphatic carboxylic acids is 1. The molecule has 0 aliphatic carbocycles. The summed E-state index contributed by atoms with van der Waals surface area (Å²) in [4.78, 5) is 74.1. The molecule has 8 atom stereocenters. The number of carbonyl (C=O) groups is 6. The molecule has 0 aliphatic heterocycles. The third-order valence-electron chi connectivity index (χ3n) is 11.4. The van der Waals surface area contributed by atoms with E-state index in [1.54, 1.807) is 62.4 Å². The van der Waals surface area contributed by atoms with Crippen LogP contribution >= 0.6 is 0 Å². The maximum absolute atomic E-state index is 13.6. The van der Waals surface area contributed by atoms with Crippen LogP contribution in [0.4, 0.5) is 9.59 Å². The van der Waals surface area contributed by atoms with Gasteiger partial charge >= 0.3 is 30.2 Å². The second-order valence-corrected chi connectivity index (χ2v) is 20.1. The minimum absolute atomic E-state index is 0.0501. The summed E-state index contributed by atoms with van der Waals surface area (Å²) < 4.78 is 42.2. The van der Waals surface area contributed by atoms with Crippen LogP contribution in [-0.4, -0.2) is 110 Å². The number of nitrogens with zero attached hydrogens (tertiary/aromatic N) is 1. The molecule has 2 rings (SSSR count). The number of carboxylic acids is 1. The van der Waals surface area contributed by atoms with E-state index in [4.69, 9.17) is 43.0 Å². The van der Waals surface area contributed by atoms with E-state index in [-0.39, 0.29) is 55.8 Å². The molecule has 0 unspecified atom stereocenters. The second-order valence-electron chi connectivity index (χ2n) is 20.1. The monoisotopic (exact) mass is 1000 g/mol. The van der Waals surface area contributed by atoms with E-state index in [1.165, 1.54) is 19.1 Å². The largest absolute Gasteiger partial charge is 0.511 e. The predicted molar refractivity (Wildman–Crippen MR) is 271 cm³/mol. The predicted octanol–water partition coefficient (Wildman–Crippen LogP) is 10.2. The zero-order chi connectivity index (χ0) is 54.6.